The highest BCUT2D eigenvalue weighted by Gasteiger charge is 2.16. The minimum absolute atomic E-state index is 0.151. The number of aryl methyl sites for hydroxylation is 1. The van der Waals surface area contributed by atoms with Crippen LogP contribution in [0.1, 0.15) is 28.8 Å². The van der Waals surface area contributed by atoms with Crippen molar-refractivity contribution < 1.29 is 14.0 Å². The maximum absolute atomic E-state index is 13.9. The van der Waals surface area contributed by atoms with Crippen LogP contribution in [0.3, 0.4) is 0 Å². The molecular formula is C24H19Cl2FN4O2. The molecular weight excluding hydrogens is 466 g/mol. The van der Waals surface area contributed by atoms with Gasteiger partial charge in [0, 0.05) is 28.5 Å². The lowest BCUT2D eigenvalue weighted by Crippen LogP contribution is -2.41. The maximum atomic E-state index is 13.9. The zero-order valence-electron chi connectivity index (χ0n) is 17.3. The fourth-order valence-electron chi connectivity index (χ4n) is 3.56. The molecule has 0 bridgehead atoms. The average Bonchev–Trinajstić information content (AvgIpc) is 3.16. The Morgan fingerprint density at radius 2 is 1.88 bits per heavy atom. The van der Waals surface area contributed by atoms with E-state index in [4.69, 9.17) is 23.2 Å². The normalized spacial score (nSPS) is 10.9. The molecule has 0 unspecified atom stereocenters. The second-order valence-corrected chi connectivity index (χ2v) is 8.21. The van der Waals surface area contributed by atoms with Gasteiger partial charge in [-0.3, -0.25) is 25.4 Å². The molecule has 33 heavy (non-hydrogen) atoms. The second kappa shape index (κ2) is 10.0. The third kappa shape index (κ3) is 5.32. The molecule has 6 nitrogen and oxygen atoms in total. The number of nitrogens with one attached hydrogen (secondary N) is 3. The Morgan fingerprint density at radius 1 is 1.03 bits per heavy atom. The number of nitrogens with zero attached hydrogens (tertiary/aromatic N) is 1. The highest BCUT2D eigenvalue weighted by atomic mass is 35.5. The van der Waals surface area contributed by atoms with Gasteiger partial charge >= 0.3 is 0 Å². The smallest absolute Gasteiger partial charge is 0.271 e. The van der Waals surface area contributed by atoms with Gasteiger partial charge in [-0.25, -0.2) is 4.39 Å². The van der Waals surface area contributed by atoms with Crippen molar-refractivity contribution in [2.45, 2.75) is 19.3 Å². The zero-order valence-corrected chi connectivity index (χ0v) is 18.8. The summed E-state index contributed by atoms with van der Waals surface area (Å²) in [5, 5.41) is 1.34. The van der Waals surface area contributed by atoms with Crippen molar-refractivity contribution in [3.8, 4) is 11.4 Å². The predicted molar refractivity (Wildman–Crippen MR) is 126 cm³/mol. The van der Waals surface area contributed by atoms with Gasteiger partial charge in [0.1, 0.15) is 5.82 Å². The first-order valence-corrected chi connectivity index (χ1v) is 10.9. The number of carbonyl (C=O) groups excluding carboxylic acids is 2. The van der Waals surface area contributed by atoms with E-state index in [-0.39, 0.29) is 28.7 Å². The largest absolute Gasteiger partial charge is 0.353 e. The Balaban J connectivity index is 1.41. The van der Waals surface area contributed by atoms with Crippen molar-refractivity contribution in [1.29, 1.82) is 0 Å². The molecule has 0 fully saturated rings. The van der Waals surface area contributed by atoms with E-state index in [0.29, 0.717) is 17.9 Å². The van der Waals surface area contributed by atoms with Gasteiger partial charge in [0.25, 0.3) is 5.91 Å². The van der Waals surface area contributed by atoms with E-state index in [0.717, 1.165) is 27.9 Å². The van der Waals surface area contributed by atoms with E-state index in [1.165, 1.54) is 30.3 Å². The standard InChI is InChI=1S/C24H19Cl2FN4O2/c25-14-7-9-17(19(26)12-14)24(33)31-30-22(32)6-3-4-16-18-13-15(27)8-10-20(18)29-23(16)21-5-1-2-11-28-21/h1-2,5,7-13,29H,3-4,6H2,(H,30,32)(H,31,33). The Bertz CT molecular complexity index is 1330. The van der Waals surface area contributed by atoms with E-state index >= 15 is 0 Å². The molecule has 0 spiro atoms. The van der Waals surface area contributed by atoms with Gasteiger partial charge in [-0.05, 0) is 66.9 Å². The summed E-state index contributed by atoms with van der Waals surface area (Å²) in [5.74, 6) is -1.25. The molecule has 2 amide bonds. The van der Waals surface area contributed by atoms with E-state index in [1.54, 1.807) is 12.3 Å². The molecule has 0 saturated carbocycles. The molecule has 168 valence electrons. The number of hydrazine groups is 1. The number of amides is 2. The minimum Gasteiger partial charge on any atom is -0.353 e. The third-order valence-corrected chi connectivity index (χ3v) is 5.66. The number of aromatic amines is 1. The summed E-state index contributed by atoms with van der Waals surface area (Å²) in [6.45, 7) is 0. The summed E-state index contributed by atoms with van der Waals surface area (Å²) in [4.78, 5) is 32.2. The quantitative estimate of drug-likeness (QED) is 0.317. The van der Waals surface area contributed by atoms with Crippen LogP contribution in [0.15, 0.2) is 60.8 Å². The van der Waals surface area contributed by atoms with Crippen LogP contribution in [-0.4, -0.2) is 21.8 Å². The van der Waals surface area contributed by atoms with E-state index in [9.17, 15) is 14.0 Å². The maximum Gasteiger partial charge on any atom is 0.271 e. The Labute approximate surface area is 199 Å². The van der Waals surface area contributed by atoms with E-state index in [2.05, 4.69) is 20.8 Å². The topological polar surface area (TPSA) is 86.9 Å². The number of pyridine rings is 1. The summed E-state index contributed by atoms with van der Waals surface area (Å²) >= 11 is 11.8. The molecule has 0 aliphatic heterocycles. The molecule has 0 saturated heterocycles. The fraction of sp³-hybridized carbons (Fsp3) is 0.125. The van der Waals surface area contributed by atoms with Crippen molar-refractivity contribution in [2.75, 3.05) is 0 Å². The average molecular weight is 485 g/mol. The van der Waals surface area contributed by atoms with Crippen LogP contribution in [0, 0.1) is 5.82 Å². The van der Waals surface area contributed by atoms with Crippen molar-refractivity contribution in [2.24, 2.45) is 0 Å². The van der Waals surface area contributed by atoms with Crippen molar-refractivity contribution in [3.63, 3.8) is 0 Å². The molecule has 0 aliphatic carbocycles. The van der Waals surface area contributed by atoms with Crippen LogP contribution in [0.25, 0.3) is 22.3 Å². The monoisotopic (exact) mass is 484 g/mol. The van der Waals surface area contributed by atoms with Crippen LogP contribution >= 0.6 is 23.2 Å². The van der Waals surface area contributed by atoms with Gasteiger partial charge in [-0.1, -0.05) is 29.3 Å². The number of fused-ring (bicyclic) bond motifs is 1. The van der Waals surface area contributed by atoms with Crippen molar-refractivity contribution in [1.82, 2.24) is 20.8 Å². The molecule has 2 aromatic carbocycles. The molecule has 0 aliphatic rings. The third-order valence-electron chi connectivity index (χ3n) is 5.11. The molecule has 4 aromatic rings. The molecule has 0 atom stereocenters. The number of halogens is 3. The summed E-state index contributed by atoms with van der Waals surface area (Å²) in [6.07, 6.45) is 2.83. The first-order valence-electron chi connectivity index (χ1n) is 10.2. The highest BCUT2D eigenvalue weighted by Crippen LogP contribution is 2.31. The van der Waals surface area contributed by atoms with Crippen LogP contribution in [0.5, 0.6) is 0 Å². The molecule has 0 radical (unpaired) electrons. The van der Waals surface area contributed by atoms with Crippen molar-refractivity contribution >= 4 is 45.9 Å². The number of H-pyrrole nitrogens is 1. The van der Waals surface area contributed by atoms with Crippen LogP contribution < -0.4 is 10.9 Å². The fourth-order valence-corrected chi connectivity index (χ4v) is 4.06. The van der Waals surface area contributed by atoms with Gasteiger partial charge in [0.15, 0.2) is 0 Å². The van der Waals surface area contributed by atoms with Crippen molar-refractivity contribution in [3.05, 3.63) is 87.8 Å². The van der Waals surface area contributed by atoms with Crippen LogP contribution in [0.2, 0.25) is 10.0 Å². The van der Waals surface area contributed by atoms with E-state index in [1.807, 2.05) is 18.2 Å². The summed E-state index contributed by atoms with van der Waals surface area (Å²) in [7, 11) is 0. The molecule has 2 aromatic heterocycles. The predicted octanol–water partition coefficient (Wildman–Crippen LogP) is 5.46. The molecule has 2 heterocycles. The van der Waals surface area contributed by atoms with Gasteiger partial charge in [-0.15, -0.1) is 0 Å². The molecule has 3 N–H and O–H groups in total. The van der Waals surface area contributed by atoms with Gasteiger partial charge in [0.05, 0.1) is 22.0 Å². The van der Waals surface area contributed by atoms with Gasteiger partial charge in [0.2, 0.25) is 5.91 Å². The lowest BCUT2D eigenvalue weighted by Gasteiger charge is -2.09. The van der Waals surface area contributed by atoms with Crippen LogP contribution in [-0.2, 0) is 11.2 Å². The summed E-state index contributed by atoms with van der Waals surface area (Å²) in [5.41, 5.74) is 8.13. The Kier molecular flexibility index (Phi) is 6.91. The first kappa shape index (κ1) is 22.8. The number of hydrogen-bond acceptors (Lipinski definition) is 3. The van der Waals surface area contributed by atoms with Gasteiger partial charge in [-0.2, -0.15) is 0 Å². The second-order valence-electron chi connectivity index (χ2n) is 7.36. The lowest BCUT2D eigenvalue weighted by molar-refractivity contribution is -0.121. The first-order chi connectivity index (χ1) is 15.9. The molecule has 4 rings (SSSR count). The number of aromatic nitrogens is 2. The lowest BCUT2D eigenvalue weighted by atomic mass is 10.0. The number of rotatable bonds is 6. The Morgan fingerprint density at radius 3 is 2.64 bits per heavy atom. The SMILES string of the molecule is O=C(CCCc1c(-c2ccccn2)[nH]c2ccc(F)cc12)NNC(=O)c1ccc(Cl)cc1Cl. The highest BCUT2D eigenvalue weighted by molar-refractivity contribution is 6.36. The van der Waals surface area contributed by atoms with Gasteiger partial charge < -0.3 is 4.98 Å². The van der Waals surface area contributed by atoms with Crippen LogP contribution in [0.4, 0.5) is 4.39 Å². The number of hydrogen-bond donors (Lipinski definition) is 3. The summed E-state index contributed by atoms with van der Waals surface area (Å²) < 4.78 is 13.9. The number of benzene rings is 2. The van der Waals surface area contributed by atoms with E-state index < -0.39 is 5.91 Å². The summed E-state index contributed by atoms with van der Waals surface area (Å²) in [6, 6.07) is 14.6. The zero-order chi connectivity index (χ0) is 23.4. The minimum atomic E-state index is -0.547. The molecule has 9 heteroatoms. The number of carbonyl (C=O) groups is 2. The Hall–Kier alpha value is -3.42.